The number of carboxylic acid groups (broad SMARTS) is 1. The zero-order chi connectivity index (χ0) is 8.97. The van der Waals surface area contributed by atoms with E-state index in [1.54, 1.807) is 6.08 Å². The van der Waals surface area contributed by atoms with E-state index in [1.165, 1.54) is 0 Å². The lowest BCUT2D eigenvalue weighted by atomic mass is 10.1. The van der Waals surface area contributed by atoms with Crippen molar-refractivity contribution >= 4 is 24.5 Å². The molecule has 0 saturated carbocycles. The van der Waals surface area contributed by atoms with Gasteiger partial charge in [-0.2, -0.15) is 0 Å². The Morgan fingerprint density at radius 2 is 2.00 bits per heavy atom. The molecule has 0 unspecified atom stereocenters. The number of rotatable bonds is 2. The quantitative estimate of drug-likeness (QED) is 0.742. The molecule has 0 saturated heterocycles. The number of carbonyl (C=O) groups is 1. The summed E-state index contributed by atoms with van der Waals surface area (Å²) in [6.45, 7) is 1.95. The van der Waals surface area contributed by atoms with Crippen molar-refractivity contribution in [1.82, 2.24) is 0 Å². The van der Waals surface area contributed by atoms with Crippen LogP contribution in [0.2, 0.25) is 0 Å². The molecule has 70 valence electrons. The van der Waals surface area contributed by atoms with E-state index in [0.29, 0.717) is 0 Å². The molecule has 0 aliphatic rings. The summed E-state index contributed by atoms with van der Waals surface area (Å²) in [7, 11) is 0. The van der Waals surface area contributed by atoms with Crippen LogP contribution in [0.1, 0.15) is 11.1 Å². The van der Waals surface area contributed by atoms with Crippen molar-refractivity contribution in [3.8, 4) is 0 Å². The van der Waals surface area contributed by atoms with Crippen molar-refractivity contribution in [2.24, 2.45) is 0 Å². The van der Waals surface area contributed by atoms with Gasteiger partial charge >= 0.3 is 5.97 Å². The van der Waals surface area contributed by atoms with Crippen LogP contribution in [0, 0.1) is 6.92 Å². The van der Waals surface area contributed by atoms with E-state index >= 15 is 0 Å². The highest BCUT2D eigenvalue weighted by Crippen LogP contribution is 2.08. The lowest BCUT2D eigenvalue weighted by molar-refractivity contribution is -0.131. The van der Waals surface area contributed by atoms with E-state index in [2.05, 4.69) is 0 Å². The molecule has 0 aliphatic carbocycles. The van der Waals surface area contributed by atoms with Gasteiger partial charge in [0.15, 0.2) is 0 Å². The molecule has 0 radical (unpaired) electrons. The van der Waals surface area contributed by atoms with Crippen molar-refractivity contribution in [3.63, 3.8) is 0 Å². The van der Waals surface area contributed by atoms with Crippen LogP contribution in [-0.2, 0) is 4.79 Å². The van der Waals surface area contributed by atoms with Crippen molar-refractivity contribution in [2.45, 2.75) is 6.92 Å². The molecular weight excluding hydrogens is 188 g/mol. The first-order valence-corrected chi connectivity index (χ1v) is 3.67. The fourth-order valence-corrected chi connectivity index (χ4v) is 0.935. The summed E-state index contributed by atoms with van der Waals surface area (Å²) in [5, 5.41) is 8.38. The van der Waals surface area contributed by atoms with Gasteiger partial charge in [-0.3, -0.25) is 0 Å². The summed E-state index contributed by atoms with van der Waals surface area (Å²) in [4.78, 5) is 10.2. The van der Waals surface area contributed by atoms with Gasteiger partial charge in [-0.05, 0) is 24.1 Å². The fraction of sp³-hybridized carbons (Fsp3) is 0.100. The Bertz CT molecular complexity index is 318. The van der Waals surface area contributed by atoms with E-state index in [1.807, 2.05) is 31.2 Å². The number of halogens is 1. The molecule has 0 amide bonds. The Morgan fingerprint density at radius 3 is 2.54 bits per heavy atom. The molecule has 1 aromatic carbocycles. The van der Waals surface area contributed by atoms with Gasteiger partial charge in [0, 0.05) is 6.08 Å². The van der Waals surface area contributed by atoms with Gasteiger partial charge in [-0.25, -0.2) is 4.79 Å². The highest BCUT2D eigenvalue weighted by Gasteiger charge is 1.91. The largest absolute Gasteiger partial charge is 0.478 e. The SMILES string of the molecule is Cc1ccccc1C=CC(=O)O.Cl. The van der Waals surface area contributed by atoms with E-state index < -0.39 is 5.97 Å². The smallest absolute Gasteiger partial charge is 0.328 e. The Balaban J connectivity index is 0.00000144. The van der Waals surface area contributed by atoms with Gasteiger partial charge in [-0.1, -0.05) is 24.3 Å². The van der Waals surface area contributed by atoms with Crippen molar-refractivity contribution in [3.05, 3.63) is 41.5 Å². The molecule has 0 fully saturated rings. The number of aliphatic carboxylic acids is 1. The third kappa shape index (κ3) is 3.76. The van der Waals surface area contributed by atoms with Gasteiger partial charge < -0.3 is 5.11 Å². The molecule has 0 spiro atoms. The molecule has 0 atom stereocenters. The van der Waals surface area contributed by atoms with Crippen molar-refractivity contribution in [2.75, 3.05) is 0 Å². The molecule has 13 heavy (non-hydrogen) atoms. The molecule has 0 heterocycles. The van der Waals surface area contributed by atoms with Crippen LogP contribution in [0.5, 0.6) is 0 Å². The van der Waals surface area contributed by atoms with Crippen molar-refractivity contribution < 1.29 is 9.90 Å². The molecule has 2 nitrogen and oxygen atoms in total. The maximum atomic E-state index is 10.2. The Hall–Kier alpha value is -1.28. The van der Waals surface area contributed by atoms with E-state index in [-0.39, 0.29) is 12.4 Å². The minimum atomic E-state index is -0.918. The zero-order valence-corrected chi connectivity index (χ0v) is 8.04. The molecular formula is C10H11ClO2. The maximum absolute atomic E-state index is 10.2. The summed E-state index contributed by atoms with van der Waals surface area (Å²) in [5.74, 6) is -0.918. The second-order valence-electron chi connectivity index (χ2n) is 2.53. The number of hydrogen-bond acceptors (Lipinski definition) is 1. The van der Waals surface area contributed by atoms with E-state index in [0.717, 1.165) is 17.2 Å². The molecule has 1 rings (SSSR count). The predicted molar refractivity (Wildman–Crippen MR) is 55.1 cm³/mol. The molecule has 1 aromatic rings. The summed E-state index contributed by atoms with van der Waals surface area (Å²) in [5.41, 5.74) is 2.02. The number of carboxylic acids is 1. The lowest BCUT2D eigenvalue weighted by Crippen LogP contribution is -1.86. The second kappa shape index (κ2) is 5.38. The van der Waals surface area contributed by atoms with Crippen LogP contribution in [0.4, 0.5) is 0 Å². The molecule has 0 bridgehead atoms. The predicted octanol–water partition coefficient (Wildman–Crippen LogP) is 2.51. The zero-order valence-electron chi connectivity index (χ0n) is 7.23. The van der Waals surface area contributed by atoms with Crippen LogP contribution < -0.4 is 0 Å². The molecule has 3 heteroatoms. The standard InChI is InChI=1S/C10H10O2.ClH/c1-8-4-2-3-5-9(8)6-7-10(11)12;/h2-7H,1H3,(H,11,12);1H. The highest BCUT2D eigenvalue weighted by atomic mass is 35.5. The van der Waals surface area contributed by atoms with E-state index in [9.17, 15) is 4.79 Å². The lowest BCUT2D eigenvalue weighted by Gasteiger charge is -1.96. The first kappa shape index (κ1) is 11.7. The summed E-state index contributed by atoms with van der Waals surface area (Å²) in [6, 6.07) is 7.64. The van der Waals surface area contributed by atoms with Gasteiger partial charge in [0.2, 0.25) is 0 Å². The summed E-state index contributed by atoms with van der Waals surface area (Å²) in [6.07, 6.45) is 2.74. The monoisotopic (exact) mass is 198 g/mol. The highest BCUT2D eigenvalue weighted by molar-refractivity contribution is 5.85. The van der Waals surface area contributed by atoms with Crippen LogP contribution in [0.15, 0.2) is 30.3 Å². The fourth-order valence-electron chi connectivity index (χ4n) is 0.935. The molecule has 0 aliphatic heterocycles. The number of hydrogen-bond donors (Lipinski definition) is 1. The van der Waals surface area contributed by atoms with Gasteiger partial charge in [0.05, 0.1) is 0 Å². The second-order valence-corrected chi connectivity index (χ2v) is 2.53. The normalized spacial score (nSPS) is 9.62. The van der Waals surface area contributed by atoms with Crippen LogP contribution >= 0.6 is 12.4 Å². The van der Waals surface area contributed by atoms with Crippen LogP contribution in [-0.4, -0.2) is 11.1 Å². The van der Waals surface area contributed by atoms with Gasteiger partial charge in [-0.15, -0.1) is 12.4 Å². The first-order chi connectivity index (χ1) is 5.70. The summed E-state index contributed by atoms with van der Waals surface area (Å²) >= 11 is 0. The van der Waals surface area contributed by atoms with Crippen LogP contribution in [0.25, 0.3) is 6.08 Å². The average Bonchev–Trinajstić information content (AvgIpc) is 2.03. The van der Waals surface area contributed by atoms with Gasteiger partial charge in [0.1, 0.15) is 0 Å². The number of benzene rings is 1. The topological polar surface area (TPSA) is 37.3 Å². The average molecular weight is 199 g/mol. The van der Waals surface area contributed by atoms with Crippen LogP contribution in [0.3, 0.4) is 0 Å². The Kier molecular flexibility index (Phi) is 4.85. The third-order valence-electron chi connectivity index (χ3n) is 1.59. The summed E-state index contributed by atoms with van der Waals surface area (Å²) < 4.78 is 0. The molecule has 1 N–H and O–H groups in total. The minimum Gasteiger partial charge on any atom is -0.478 e. The first-order valence-electron chi connectivity index (χ1n) is 3.67. The van der Waals surface area contributed by atoms with Crippen molar-refractivity contribution in [1.29, 1.82) is 0 Å². The Labute approximate surface area is 83.3 Å². The third-order valence-corrected chi connectivity index (χ3v) is 1.59. The minimum absolute atomic E-state index is 0. The van der Waals surface area contributed by atoms with E-state index in [4.69, 9.17) is 5.11 Å². The Morgan fingerprint density at radius 1 is 1.38 bits per heavy atom. The molecule has 0 aromatic heterocycles. The van der Waals surface area contributed by atoms with Gasteiger partial charge in [0.25, 0.3) is 0 Å². The number of aryl methyl sites for hydroxylation is 1. The maximum Gasteiger partial charge on any atom is 0.328 e.